The highest BCUT2D eigenvalue weighted by molar-refractivity contribution is 7.46. The van der Waals surface area contributed by atoms with E-state index in [4.69, 9.17) is 20.0 Å². The van der Waals surface area contributed by atoms with Crippen LogP contribution in [0.2, 0.25) is 0 Å². The Balaban J connectivity index is 3.09. The van der Waals surface area contributed by atoms with Gasteiger partial charge in [-0.15, -0.1) is 0 Å². The summed E-state index contributed by atoms with van der Waals surface area (Å²) < 4.78 is 14.9. The van der Waals surface area contributed by atoms with Gasteiger partial charge in [0.25, 0.3) is 0 Å². The molecule has 0 spiro atoms. The zero-order chi connectivity index (χ0) is 13.2. The monoisotopic (exact) mass is 265 g/mol. The molecule has 9 heteroatoms. The molecule has 0 aromatic carbocycles. The third-order valence-corrected chi connectivity index (χ3v) is 2.56. The quantitative estimate of drug-likeness (QED) is 0.308. The molecule has 0 aromatic heterocycles. The number of rotatable bonds is 3. The zero-order valence-electron chi connectivity index (χ0n) is 8.85. The normalized spacial score (nSPS) is 24.1. The molecule has 0 radical (unpaired) electrons. The summed E-state index contributed by atoms with van der Waals surface area (Å²) >= 11 is 0. The first kappa shape index (κ1) is 13.9. The maximum absolute atomic E-state index is 11.7. The largest absolute Gasteiger partial charge is 0.515 e. The SMILES string of the molecule is CC1C(=O)C(=CO)C(CO)=CN1OP(=O)(O)O. The fourth-order valence-corrected chi connectivity index (χ4v) is 1.76. The average molecular weight is 265 g/mol. The van der Waals surface area contributed by atoms with E-state index < -0.39 is 26.3 Å². The van der Waals surface area contributed by atoms with Gasteiger partial charge in [0.2, 0.25) is 0 Å². The Morgan fingerprint density at radius 1 is 1.59 bits per heavy atom. The predicted molar refractivity (Wildman–Crippen MR) is 55.3 cm³/mol. The Kier molecular flexibility index (Phi) is 4.07. The van der Waals surface area contributed by atoms with Gasteiger partial charge >= 0.3 is 7.82 Å². The highest BCUT2D eigenvalue weighted by atomic mass is 31.2. The molecule has 1 aliphatic heterocycles. The number of carbonyl (C=O) groups is 1. The van der Waals surface area contributed by atoms with Crippen LogP contribution in [0.5, 0.6) is 0 Å². The molecule has 1 rings (SSSR count). The van der Waals surface area contributed by atoms with Crippen LogP contribution in [0.15, 0.2) is 23.6 Å². The van der Waals surface area contributed by atoms with Crippen molar-refractivity contribution in [2.45, 2.75) is 13.0 Å². The Hall–Kier alpha value is -1.18. The number of hydrogen-bond acceptors (Lipinski definition) is 6. The van der Waals surface area contributed by atoms with Crippen molar-refractivity contribution in [3.63, 3.8) is 0 Å². The van der Waals surface area contributed by atoms with Crippen LogP contribution in [0.1, 0.15) is 6.92 Å². The number of carbonyl (C=O) groups excluding carboxylic acids is 1. The molecule has 96 valence electrons. The van der Waals surface area contributed by atoms with Gasteiger partial charge in [-0.1, -0.05) is 0 Å². The number of Topliss-reactive ketones (excluding diaryl/α,β-unsaturated/α-hetero) is 1. The smallest absolute Gasteiger partial charge is 0.491 e. The van der Waals surface area contributed by atoms with E-state index >= 15 is 0 Å². The van der Waals surface area contributed by atoms with Gasteiger partial charge in [0, 0.05) is 11.8 Å². The summed E-state index contributed by atoms with van der Waals surface area (Å²) in [7, 11) is -4.80. The van der Waals surface area contributed by atoms with Gasteiger partial charge < -0.3 is 20.0 Å². The minimum atomic E-state index is -4.80. The van der Waals surface area contributed by atoms with Crippen molar-refractivity contribution in [2.75, 3.05) is 6.61 Å². The average Bonchev–Trinajstić information content (AvgIpc) is 2.22. The van der Waals surface area contributed by atoms with E-state index in [-0.39, 0.29) is 11.1 Å². The van der Waals surface area contributed by atoms with Crippen molar-refractivity contribution < 1.29 is 34.0 Å². The van der Waals surface area contributed by atoms with Crippen LogP contribution in [0.4, 0.5) is 0 Å². The molecule has 17 heavy (non-hydrogen) atoms. The molecule has 1 aliphatic rings. The molecule has 1 unspecified atom stereocenters. The molecular formula is C8H12NO7P. The summed E-state index contributed by atoms with van der Waals surface area (Å²) in [6.45, 7) is 0.762. The second kappa shape index (κ2) is 4.99. The van der Waals surface area contributed by atoms with Gasteiger partial charge in [-0.05, 0) is 6.92 Å². The van der Waals surface area contributed by atoms with Gasteiger partial charge in [-0.3, -0.25) is 4.79 Å². The van der Waals surface area contributed by atoms with Crippen molar-refractivity contribution >= 4 is 13.6 Å². The van der Waals surface area contributed by atoms with E-state index in [1.165, 1.54) is 6.92 Å². The summed E-state index contributed by atoms with van der Waals surface area (Å²) in [6, 6.07) is -1.02. The highest BCUT2D eigenvalue weighted by Crippen LogP contribution is 2.39. The summed E-state index contributed by atoms with van der Waals surface area (Å²) in [6.07, 6.45) is 1.59. The summed E-state index contributed by atoms with van der Waals surface area (Å²) in [5.74, 6) is -0.618. The van der Waals surface area contributed by atoms with Crippen molar-refractivity contribution in [1.82, 2.24) is 5.06 Å². The standard InChI is InChI=1S/C8H12NO7P/c1-5-8(12)7(4-11)6(3-10)2-9(5)16-17(13,14)15/h2,4-5,10-11H,3H2,1H3,(H2,13,14,15). The Morgan fingerprint density at radius 2 is 2.18 bits per heavy atom. The predicted octanol–water partition coefficient (Wildman–Crippen LogP) is -0.398. The van der Waals surface area contributed by atoms with Crippen molar-refractivity contribution in [3.8, 4) is 0 Å². The van der Waals surface area contributed by atoms with Gasteiger partial charge in [0.15, 0.2) is 5.78 Å². The fraction of sp³-hybridized carbons (Fsp3) is 0.375. The van der Waals surface area contributed by atoms with Gasteiger partial charge in [0.05, 0.1) is 18.4 Å². The van der Waals surface area contributed by atoms with Gasteiger partial charge in [-0.25, -0.2) is 9.63 Å². The second-order valence-corrected chi connectivity index (χ2v) is 4.47. The number of hydrogen-bond donors (Lipinski definition) is 4. The van der Waals surface area contributed by atoms with Crippen LogP contribution in [-0.4, -0.2) is 43.5 Å². The molecule has 8 nitrogen and oxygen atoms in total. The van der Waals surface area contributed by atoms with Crippen LogP contribution >= 0.6 is 7.82 Å². The first-order chi connectivity index (χ1) is 7.80. The Morgan fingerprint density at radius 3 is 2.59 bits per heavy atom. The lowest BCUT2D eigenvalue weighted by Gasteiger charge is -2.30. The lowest BCUT2D eigenvalue weighted by Crippen LogP contribution is -2.40. The molecule has 0 aromatic rings. The third-order valence-electron chi connectivity index (χ3n) is 2.16. The Labute approximate surface area is 96.6 Å². The topological polar surface area (TPSA) is 128 Å². The molecule has 0 bridgehead atoms. The van der Waals surface area contributed by atoms with E-state index in [1.54, 1.807) is 0 Å². The minimum Gasteiger partial charge on any atom is -0.515 e. The Bertz CT molecular complexity index is 424. The lowest BCUT2D eigenvalue weighted by molar-refractivity contribution is -0.132. The molecule has 1 heterocycles. The van der Waals surface area contributed by atoms with Crippen molar-refractivity contribution in [1.29, 1.82) is 0 Å². The number of ketones is 1. The first-order valence-corrected chi connectivity index (χ1v) is 6.07. The maximum atomic E-state index is 11.7. The number of phosphoric acid groups is 1. The number of aliphatic hydroxyl groups excluding tert-OH is 2. The van der Waals surface area contributed by atoms with Crippen LogP contribution < -0.4 is 0 Å². The molecule has 0 aliphatic carbocycles. The molecule has 0 amide bonds. The first-order valence-electron chi connectivity index (χ1n) is 4.54. The van der Waals surface area contributed by atoms with Gasteiger partial charge in [0.1, 0.15) is 6.04 Å². The number of aliphatic hydroxyl groups is 2. The zero-order valence-corrected chi connectivity index (χ0v) is 9.74. The van der Waals surface area contributed by atoms with E-state index in [0.29, 0.717) is 11.3 Å². The lowest BCUT2D eigenvalue weighted by atomic mass is 9.96. The molecule has 0 saturated heterocycles. The summed E-state index contributed by atoms with van der Waals surface area (Å²) in [4.78, 5) is 28.9. The molecule has 1 atom stereocenters. The number of hydroxylamine groups is 2. The number of nitrogens with zero attached hydrogens (tertiary/aromatic N) is 1. The van der Waals surface area contributed by atoms with E-state index in [2.05, 4.69) is 4.62 Å². The van der Waals surface area contributed by atoms with Crippen LogP contribution in [0.25, 0.3) is 0 Å². The van der Waals surface area contributed by atoms with E-state index in [1.807, 2.05) is 0 Å². The summed E-state index contributed by atoms with van der Waals surface area (Å²) in [5, 5.41) is 18.5. The maximum Gasteiger partial charge on any atom is 0.491 e. The molecule has 4 N–H and O–H groups in total. The van der Waals surface area contributed by atoms with E-state index in [9.17, 15) is 9.36 Å². The van der Waals surface area contributed by atoms with Crippen molar-refractivity contribution in [2.24, 2.45) is 0 Å². The fourth-order valence-electron chi connectivity index (χ4n) is 1.32. The second-order valence-electron chi connectivity index (χ2n) is 3.33. The minimum absolute atomic E-state index is 0.00375. The third kappa shape index (κ3) is 3.15. The van der Waals surface area contributed by atoms with Gasteiger partial charge in [-0.2, -0.15) is 4.62 Å². The molecule has 0 fully saturated rings. The van der Waals surface area contributed by atoms with E-state index in [0.717, 1.165) is 6.20 Å². The summed E-state index contributed by atoms with van der Waals surface area (Å²) in [5.41, 5.74) is -0.116. The van der Waals surface area contributed by atoms with Crippen LogP contribution in [0.3, 0.4) is 0 Å². The van der Waals surface area contributed by atoms with Crippen LogP contribution in [0, 0.1) is 0 Å². The molecular weight excluding hydrogens is 253 g/mol. The van der Waals surface area contributed by atoms with Crippen molar-refractivity contribution in [3.05, 3.63) is 23.6 Å². The van der Waals surface area contributed by atoms with Crippen LogP contribution in [-0.2, 0) is 14.0 Å². The molecule has 0 saturated carbocycles. The highest BCUT2D eigenvalue weighted by Gasteiger charge is 2.34.